The fourth-order valence-electron chi connectivity index (χ4n) is 2.88. The molecule has 0 aromatic heterocycles. The lowest BCUT2D eigenvalue weighted by Gasteiger charge is -2.34. The van der Waals surface area contributed by atoms with Crippen molar-refractivity contribution in [1.29, 1.82) is 0 Å². The molecule has 0 spiro atoms. The molecule has 2 aromatic rings. The van der Waals surface area contributed by atoms with Crippen molar-refractivity contribution in [3.8, 4) is 5.75 Å². The van der Waals surface area contributed by atoms with E-state index in [0.717, 1.165) is 12.1 Å². The fraction of sp³-hybridized carbons (Fsp3) is 0.368. The van der Waals surface area contributed by atoms with E-state index >= 15 is 0 Å². The van der Waals surface area contributed by atoms with Crippen molar-refractivity contribution >= 4 is 11.6 Å². The molecule has 0 radical (unpaired) electrons. The van der Waals surface area contributed by atoms with Crippen LogP contribution in [0.5, 0.6) is 5.75 Å². The molecule has 0 saturated carbocycles. The van der Waals surface area contributed by atoms with Crippen LogP contribution in [0.1, 0.15) is 11.7 Å². The van der Waals surface area contributed by atoms with Gasteiger partial charge in [-0.2, -0.15) is 0 Å². The summed E-state index contributed by atoms with van der Waals surface area (Å²) in [6.45, 7) is 2.06. The molecule has 2 atom stereocenters. The van der Waals surface area contributed by atoms with Crippen molar-refractivity contribution in [1.82, 2.24) is 4.90 Å². The highest BCUT2D eigenvalue weighted by Crippen LogP contribution is 2.25. The maximum Gasteiger partial charge on any atom is 0.159 e. The largest absolute Gasteiger partial charge is 0.489 e. The quantitative estimate of drug-likeness (QED) is 0.829. The maximum atomic E-state index is 13.4. The molecule has 0 bridgehead atoms. The summed E-state index contributed by atoms with van der Waals surface area (Å²) >= 11 is 6.02. The predicted octanol–water partition coefficient (Wildman–Crippen LogP) is 3.43. The van der Waals surface area contributed by atoms with Crippen molar-refractivity contribution < 1.29 is 23.4 Å². The molecule has 2 unspecified atom stereocenters. The Labute approximate surface area is 155 Å². The predicted molar refractivity (Wildman–Crippen MR) is 94.4 cm³/mol. The topological polar surface area (TPSA) is 41.9 Å². The summed E-state index contributed by atoms with van der Waals surface area (Å²) in [6, 6.07) is 10.8. The van der Waals surface area contributed by atoms with Crippen molar-refractivity contribution in [2.24, 2.45) is 0 Å². The van der Waals surface area contributed by atoms with Gasteiger partial charge in [0.1, 0.15) is 18.5 Å². The van der Waals surface area contributed by atoms with E-state index in [-0.39, 0.29) is 12.7 Å². The van der Waals surface area contributed by atoms with Gasteiger partial charge in [-0.05, 0) is 29.8 Å². The van der Waals surface area contributed by atoms with Gasteiger partial charge in [-0.1, -0.05) is 29.8 Å². The van der Waals surface area contributed by atoms with Crippen LogP contribution in [0.2, 0.25) is 5.02 Å². The average Bonchev–Trinajstić information content (AvgIpc) is 2.63. The number of para-hydroxylation sites is 1. The summed E-state index contributed by atoms with van der Waals surface area (Å²) in [5.41, 5.74) is 0.579. The van der Waals surface area contributed by atoms with Crippen LogP contribution in [-0.2, 0) is 4.74 Å². The first-order chi connectivity index (χ1) is 12.5. The van der Waals surface area contributed by atoms with Crippen molar-refractivity contribution in [3.63, 3.8) is 0 Å². The van der Waals surface area contributed by atoms with E-state index in [1.54, 1.807) is 18.2 Å². The molecule has 0 amide bonds. The van der Waals surface area contributed by atoms with Crippen LogP contribution >= 0.6 is 11.6 Å². The highest BCUT2D eigenvalue weighted by atomic mass is 35.5. The SMILES string of the molecule is OC(COc1ccccc1Cl)CN1CCOC(c2ccc(F)c(F)c2)C1. The van der Waals surface area contributed by atoms with E-state index in [2.05, 4.69) is 0 Å². The number of hydrogen-bond acceptors (Lipinski definition) is 4. The highest BCUT2D eigenvalue weighted by Gasteiger charge is 2.24. The molecule has 4 nitrogen and oxygen atoms in total. The number of β-amino-alcohol motifs (C(OH)–C–C–N with tert-alkyl or cyclic N) is 1. The monoisotopic (exact) mass is 383 g/mol. The number of benzene rings is 2. The molecular formula is C19H20ClF2NO3. The summed E-state index contributed by atoms with van der Waals surface area (Å²) < 4.78 is 37.7. The van der Waals surface area contributed by atoms with Gasteiger partial charge in [-0.25, -0.2) is 8.78 Å². The number of hydrogen-bond donors (Lipinski definition) is 1. The number of ether oxygens (including phenoxy) is 2. The Hall–Kier alpha value is -1.73. The van der Waals surface area contributed by atoms with Crippen LogP contribution in [0.4, 0.5) is 8.78 Å². The van der Waals surface area contributed by atoms with E-state index in [0.29, 0.717) is 42.6 Å². The second kappa shape index (κ2) is 8.77. The summed E-state index contributed by atoms with van der Waals surface area (Å²) in [4.78, 5) is 2.01. The molecular weight excluding hydrogens is 364 g/mol. The summed E-state index contributed by atoms with van der Waals surface area (Å²) in [5.74, 6) is -1.25. The first kappa shape index (κ1) is 19.0. The van der Waals surface area contributed by atoms with Gasteiger partial charge in [-0.15, -0.1) is 0 Å². The number of morpholine rings is 1. The number of halogens is 3. The normalized spacial score (nSPS) is 19.3. The molecule has 7 heteroatoms. The molecule has 26 heavy (non-hydrogen) atoms. The van der Waals surface area contributed by atoms with Gasteiger partial charge in [0.2, 0.25) is 0 Å². The molecule has 1 aliphatic rings. The van der Waals surface area contributed by atoms with Gasteiger partial charge >= 0.3 is 0 Å². The molecule has 1 heterocycles. The molecule has 1 aliphatic heterocycles. The number of rotatable bonds is 6. The van der Waals surface area contributed by atoms with Crippen LogP contribution in [0.3, 0.4) is 0 Å². The Kier molecular flexibility index (Phi) is 6.43. The van der Waals surface area contributed by atoms with E-state index in [9.17, 15) is 13.9 Å². The van der Waals surface area contributed by atoms with Gasteiger partial charge < -0.3 is 14.6 Å². The zero-order valence-electron chi connectivity index (χ0n) is 14.1. The third-order valence-electron chi connectivity index (χ3n) is 4.20. The minimum absolute atomic E-state index is 0.108. The minimum Gasteiger partial charge on any atom is -0.489 e. The van der Waals surface area contributed by atoms with Crippen LogP contribution in [0.25, 0.3) is 0 Å². The molecule has 1 saturated heterocycles. The lowest BCUT2D eigenvalue weighted by molar-refractivity contribution is -0.0460. The third kappa shape index (κ3) is 4.92. The molecule has 0 aliphatic carbocycles. The van der Waals surface area contributed by atoms with Gasteiger partial charge in [0, 0.05) is 19.6 Å². The smallest absolute Gasteiger partial charge is 0.159 e. The van der Waals surface area contributed by atoms with Crippen LogP contribution < -0.4 is 4.74 Å². The highest BCUT2D eigenvalue weighted by molar-refractivity contribution is 6.32. The number of nitrogens with zero attached hydrogens (tertiary/aromatic N) is 1. The standard InChI is InChI=1S/C19H20ClF2NO3/c20-15-3-1-2-4-18(15)26-12-14(24)10-23-7-8-25-19(11-23)13-5-6-16(21)17(22)9-13/h1-6,9,14,19,24H,7-8,10-12H2. The number of aliphatic hydroxyl groups is 1. The van der Waals surface area contributed by atoms with Gasteiger partial charge in [0.15, 0.2) is 11.6 Å². The van der Waals surface area contributed by atoms with Crippen molar-refractivity contribution in [2.45, 2.75) is 12.2 Å². The van der Waals surface area contributed by atoms with Crippen LogP contribution in [-0.4, -0.2) is 49.0 Å². The Morgan fingerprint density at radius 2 is 2.04 bits per heavy atom. The second-order valence-electron chi connectivity index (χ2n) is 6.19. The molecule has 3 rings (SSSR count). The van der Waals surface area contributed by atoms with E-state index in [4.69, 9.17) is 21.1 Å². The number of aliphatic hydroxyl groups excluding tert-OH is 1. The van der Waals surface area contributed by atoms with Gasteiger partial charge in [0.05, 0.1) is 17.7 Å². The lowest BCUT2D eigenvalue weighted by Crippen LogP contribution is -2.43. The third-order valence-corrected chi connectivity index (χ3v) is 4.52. The Morgan fingerprint density at radius 1 is 1.23 bits per heavy atom. The molecule has 1 N–H and O–H groups in total. The maximum absolute atomic E-state index is 13.4. The molecule has 140 valence electrons. The van der Waals surface area contributed by atoms with Crippen LogP contribution in [0, 0.1) is 11.6 Å². The Balaban J connectivity index is 1.52. The van der Waals surface area contributed by atoms with Crippen molar-refractivity contribution in [2.75, 3.05) is 32.8 Å². The van der Waals surface area contributed by atoms with E-state index < -0.39 is 17.7 Å². The second-order valence-corrected chi connectivity index (χ2v) is 6.60. The average molecular weight is 384 g/mol. The van der Waals surface area contributed by atoms with Gasteiger partial charge in [0.25, 0.3) is 0 Å². The zero-order chi connectivity index (χ0) is 18.5. The Morgan fingerprint density at radius 3 is 2.81 bits per heavy atom. The van der Waals surface area contributed by atoms with Crippen LogP contribution in [0.15, 0.2) is 42.5 Å². The van der Waals surface area contributed by atoms with Gasteiger partial charge in [-0.3, -0.25) is 4.90 Å². The zero-order valence-corrected chi connectivity index (χ0v) is 14.8. The molecule has 1 fully saturated rings. The summed E-state index contributed by atoms with van der Waals surface area (Å²) in [7, 11) is 0. The fourth-order valence-corrected chi connectivity index (χ4v) is 3.07. The lowest BCUT2D eigenvalue weighted by atomic mass is 10.1. The first-order valence-corrected chi connectivity index (χ1v) is 8.75. The van der Waals surface area contributed by atoms with E-state index in [1.807, 2.05) is 11.0 Å². The molecule has 2 aromatic carbocycles. The van der Waals surface area contributed by atoms with E-state index in [1.165, 1.54) is 6.07 Å². The minimum atomic E-state index is -0.892. The Bertz CT molecular complexity index is 746. The first-order valence-electron chi connectivity index (χ1n) is 8.37. The van der Waals surface area contributed by atoms with Crippen molar-refractivity contribution in [3.05, 3.63) is 64.7 Å². The summed E-state index contributed by atoms with van der Waals surface area (Å²) in [5, 5.41) is 10.7. The summed E-state index contributed by atoms with van der Waals surface area (Å²) in [6.07, 6.45) is -1.08.